The Balaban J connectivity index is 1.97. The van der Waals surface area contributed by atoms with Crippen molar-refractivity contribution < 1.29 is 19.1 Å². The fourth-order valence-corrected chi connectivity index (χ4v) is 4.24. The molecule has 3 aromatic heterocycles. The number of nitrogens with zero attached hydrogens (tertiary/aromatic N) is 3. The average molecular weight is 458 g/mol. The third-order valence-corrected chi connectivity index (χ3v) is 5.90. The highest BCUT2D eigenvalue weighted by molar-refractivity contribution is 6.07. The smallest absolute Gasteiger partial charge is 0.335 e. The van der Waals surface area contributed by atoms with Crippen LogP contribution in [0.4, 0.5) is 4.39 Å². The number of carbonyl (C=O) groups is 2. The summed E-state index contributed by atoms with van der Waals surface area (Å²) in [6.07, 6.45) is 4.99. The van der Waals surface area contributed by atoms with E-state index in [4.69, 9.17) is 5.41 Å². The Morgan fingerprint density at radius 2 is 1.85 bits per heavy atom. The summed E-state index contributed by atoms with van der Waals surface area (Å²) < 4.78 is 16.9. The number of aromatic carboxylic acids is 1. The number of Topliss-reactive ketones (excluding diaryl/α,β-unsaturated/α-hetero) is 1. The van der Waals surface area contributed by atoms with Gasteiger partial charge < -0.3 is 15.1 Å². The van der Waals surface area contributed by atoms with Gasteiger partial charge in [0.05, 0.1) is 34.3 Å². The van der Waals surface area contributed by atoms with E-state index in [0.717, 1.165) is 11.8 Å². The maximum absolute atomic E-state index is 15.0. The van der Waals surface area contributed by atoms with Gasteiger partial charge in [-0.25, -0.2) is 9.18 Å². The molecular weight excluding hydrogens is 435 g/mol. The van der Waals surface area contributed by atoms with Gasteiger partial charge in [0, 0.05) is 35.4 Å². The van der Waals surface area contributed by atoms with Gasteiger partial charge in [-0.05, 0) is 56.7 Å². The molecule has 0 radical (unpaired) electrons. The van der Waals surface area contributed by atoms with E-state index in [1.807, 2.05) is 29.7 Å². The molecule has 2 N–H and O–H groups in total. The lowest BCUT2D eigenvalue weighted by atomic mass is 9.92. The summed E-state index contributed by atoms with van der Waals surface area (Å²) in [5.74, 6) is -2.77. The van der Waals surface area contributed by atoms with E-state index in [0.29, 0.717) is 22.2 Å². The van der Waals surface area contributed by atoms with Crippen LogP contribution in [0, 0.1) is 11.2 Å². The van der Waals surface area contributed by atoms with Crippen molar-refractivity contribution in [1.29, 1.82) is 5.41 Å². The molecule has 1 aromatic carbocycles. The van der Waals surface area contributed by atoms with Crippen LogP contribution in [-0.4, -0.2) is 37.1 Å². The number of ketones is 1. The molecule has 34 heavy (non-hydrogen) atoms. The van der Waals surface area contributed by atoms with Gasteiger partial charge in [-0.2, -0.15) is 0 Å². The van der Waals surface area contributed by atoms with Crippen LogP contribution in [0.1, 0.15) is 54.3 Å². The van der Waals surface area contributed by atoms with E-state index in [1.54, 1.807) is 25.4 Å². The minimum Gasteiger partial charge on any atom is -0.478 e. The number of benzene rings is 1. The number of fused-ring (bicyclic) bond motifs is 1. The Hall–Kier alpha value is -4.20. The van der Waals surface area contributed by atoms with Gasteiger partial charge >= 0.3 is 5.97 Å². The topological polar surface area (TPSA) is 109 Å². The van der Waals surface area contributed by atoms with Crippen LogP contribution in [0.25, 0.3) is 22.2 Å². The zero-order valence-corrected chi connectivity index (χ0v) is 18.9. The molecule has 7 nitrogen and oxygen atoms in total. The summed E-state index contributed by atoms with van der Waals surface area (Å²) >= 11 is 0. The van der Waals surface area contributed by atoms with E-state index in [-0.39, 0.29) is 28.7 Å². The molecule has 3 heterocycles. The zero-order chi connectivity index (χ0) is 24.6. The molecule has 0 saturated carbocycles. The molecule has 0 aliphatic carbocycles. The molecule has 0 bridgehead atoms. The fraction of sp³-hybridized carbons (Fsp3) is 0.192. The van der Waals surface area contributed by atoms with Gasteiger partial charge in [0.2, 0.25) is 0 Å². The molecule has 2 atom stereocenters. The summed E-state index contributed by atoms with van der Waals surface area (Å²) in [7, 11) is 0. The number of hydrogen-bond donors (Lipinski definition) is 2. The number of carboxylic acid groups (broad SMARTS) is 1. The molecular formula is C26H23FN4O3. The number of hydrogen-bond acceptors (Lipinski definition) is 5. The predicted molar refractivity (Wildman–Crippen MR) is 127 cm³/mol. The first-order chi connectivity index (χ1) is 16.2. The normalized spacial score (nSPS) is 12.9. The largest absolute Gasteiger partial charge is 0.478 e. The molecule has 0 aliphatic heterocycles. The number of pyridine rings is 2. The van der Waals surface area contributed by atoms with E-state index in [2.05, 4.69) is 9.97 Å². The van der Waals surface area contributed by atoms with Gasteiger partial charge in [0.25, 0.3) is 0 Å². The second-order valence-electron chi connectivity index (χ2n) is 8.24. The second kappa shape index (κ2) is 8.97. The minimum atomic E-state index is -1.21. The van der Waals surface area contributed by atoms with Crippen LogP contribution in [0.2, 0.25) is 0 Å². The lowest BCUT2D eigenvalue weighted by Crippen LogP contribution is -2.17. The summed E-state index contributed by atoms with van der Waals surface area (Å²) in [6.45, 7) is 4.97. The van der Waals surface area contributed by atoms with Crippen molar-refractivity contribution in [1.82, 2.24) is 14.5 Å². The molecule has 0 fully saturated rings. The molecule has 1 unspecified atom stereocenters. The minimum absolute atomic E-state index is 0.146. The summed E-state index contributed by atoms with van der Waals surface area (Å²) in [5, 5.41) is 17.2. The van der Waals surface area contributed by atoms with E-state index < -0.39 is 17.7 Å². The van der Waals surface area contributed by atoms with Crippen LogP contribution < -0.4 is 0 Å². The Kier molecular flexibility index (Phi) is 6.06. The van der Waals surface area contributed by atoms with Crippen LogP contribution in [0.15, 0.2) is 61.1 Å². The van der Waals surface area contributed by atoms with Crippen LogP contribution in [0.3, 0.4) is 0 Å². The molecule has 0 saturated heterocycles. The van der Waals surface area contributed by atoms with Crippen molar-refractivity contribution in [3.8, 4) is 11.1 Å². The number of aromatic nitrogens is 3. The summed E-state index contributed by atoms with van der Waals surface area (Å²) in [5.41, 5.74) is 3.28. The fourth-order valence-electron chi connectivity index (χ4n) is 4.24. The lowest BCUT2D eigenvalue weighted by molar-refractivity contribution is -0.117. The zero-order valence-electron chi connectivity index (χ0n) is 18.9. The van der Waals surface area contributed by atoms with Gasteiger partial charge in [-0.1, -0.05) is 12.1 Å². The highest BCUT2D eigenvalue weighted by Crippen LogP contribution is 2.36. The third kappa shape index (κ3) is 4.10. The maximum atomic E-state index is 15.0. The van der Waals surface area contributed by atoms with Crippen LogP contribution in [0.5, 0.6) is 0 Å². The standard InChI is InChI=1S/C26H23FN4O3/c1-14(28)24(16(3)32)18-11-23-25(30-12-18)20(19-8-7-17(26(33)34)10-21(19)27)13-31(23)15(2)22-6-4-5-9-29-22/h4-13,15,24,28H,1-3H3,(H,33,34)/t15-,24?/m0/s1. The van der Waals surface area contributed by atoms with Gasteiger partial charge in [0.1, 0.15) is 11.6 Å². The molecule has 4 rings (SSSR count). The van der Waals surface area contributed by atoms with Crippen molar-refractivity contribution in [2.24, 2.45) is 0 Å². The molecule has 172 valence electrons. The monoisotopic (exact) mass is 458 g/mol. The summed E-state index contributed by atoms with van der Waals surface area (Å²) in [4.78, 5) is 32.5. The number of carboxylic acids is 1. The van der Waals surface area contributed by atoms with Crippen molar-refractivity contribution in [3.63, 3.8) is 0 Å². The molecule has 8 heteroatoms. The first-order valence-electron chi connectivity index (χ1n) is 10.7. The van der Waals surface area contributed by atoms with Crippen molar-refractivity contribution in [3.05, 3.63) is 83.7 Å². The van der Waals surface area contributed by atoms with Crippen LogP contribution in [-0.2, 0) is 4.79 Å². The van der Waals surface area contributed by atoms with Crippen LogP contribution >= 0.6 is 0 Å². The molecule has 0 aliphatic rings. The first kappa shape index (κ1) is 23.0. The highest BCUT2D eigenvalue weighted by Gasteiger charge is 2.24. The first-order valence-corrected chi connectivity index (χ1v) is 10.7. The van der Waals surface area contributed by atoms with Gasteiger partial charge in [0.15, 0.2) is 0 Å². The number of carbonyl (C=O) groups excluding carboxylic acids is 1. The van der Waals surface area contributed by atoms with Crippen molar-refractivity contribution in [2.75, 3.05) is 0 Å². The van der Waals surface area contributed by atoms with Crippen molar-refractivity contribution in [2.45, 2.75) is 32.7 Å². The Morgan fingerprint density at radius 1 is 1.09 bits per heavy atom. The molecule has 0 spiro atoms. The van der Waals surface area contributed by atoms with Gasteiger partial charge in [-0.3, -0.25) is 14.8 Å². The Morgan fingerprint density at radius 3 is 2.44 bits per heavy atom. The number of nitrogens with one attached hydrogen (secondary N) is 1. The average Bonchev–Trinajstić information content (AvgIpc) is 3.17. The quantitative estimate of drug-likeness (QED) is 0.367. The molecule has 0 amide bonds. The third-order valence-electron chi connectivity index (χ3n) is 5.90. The van der Waals surface area contributed by atoms with Crippen molar-refractivity contribution >= 4 is 28.5 Å². The predicted octanol–water partition coefficient (Wildman–Crippen LogP) is 5.26. The summed E-state index contributed by atoms with van der Waals surface area (Å²) in [6, 6.07) is 10.9. The van der Waals surface area contributed by atoms with Gasteiger partial charge in [-0.15, -0.1) is 0 Å². The van der Waals surface area contributed by atoms with E-state index in [1.165, 1.54) is 25.3 Å². The van der Waals surface area contributed by atoms with E-state index >= 15 is 0 Å². The maximum Gasteiger partial charge on any atom is 0.335 e. The lowest BCUT2D eigenvalue weighted by Gasteiger charge is -2.16. The molecule has 4 aromatic rings. The number of halogens is 1. The SMILES string of the molecule is CC(=N)C(C(C)=O)c1cnc2c(-c3ccc(C(=O)O)cc3F)cn([C@@H](C)c3ccccn3)c2c1. The second-order valence-corrected chi connectivity index (χ2v) is 8.24. The highest BCUT2D eigenvalue weighted by atomic mass is 19.1. The Labute approximate surface area is 195 Å². The number of rotatable bonds is 7. The Bertz CT molecular complexity index is 1420. The van der Waals surface area contributed by atoms with E-state index in [9.17, 15) is 19.1 Å².